The predicted octanol–water partition coefficient (Wildman–Crippen LogP) is 12.0. The zero-order valence-corrected chi connectivity index (χ0v) is 23.4. The molecule has 0 amide bonds. The third-order valence-electron chi connectivity index (χ3n) is 8.83. The third-order valence-corrected chi connectivity index (χ3v) is 8.83. The molecule has 0 spiro atoms. The van der Waals surface area contributed by atoms with Crippen LogP contribution >= 0.6 is 0 Å². The second-order valence-corrected chi connectivity index (χ2v) is 11.2. The van der Waals surface area contributed by atoms with E-state index < -0.39 is 0 Å². The molecule has 0 aliphatic carbocycles. The Balaban J connectivity index is 1.35. The molecule has 0 saturated carbocycles. The van der Waals surface area contributed by atoms with Gasteiger partial charge in [-0.2, -0.15) is 0 Å². The zero-order valence-electron chi connectivity index (χ0n) is 23.4. The molecule has 8 aromatic carbocycles. The van der Waals surface area contributed by atoms with E-state index in [1.165, 1.54) is 60.0 Å². The first-order valence-corrected chi connectivity index (χ1v) is 14.8. The average Bonchev–Trinajstić information content (AvgIpc) is 3.47. The summed E-state index contributed by atoms with van der Waals surface area (Å²) in [6.45, 7) is 0. The normalized spacial score (nSPS) is 11.7. The summed E-state index contributed by atoms with van der Waals surface area (Å²) >= 11 is 0. The molecule has 1 aromatic heterocycles. The Morgan fingerprint density at radius 1 is 0.349 bits per heavy atom. The van der Waals surface area contributed by atoms with Gasteiger partial charge in [-0.05, 0) is 78.3 Å². The van der Waals surface area contributed by atoms with Crippen molar-refractivity contribution < 1.29 is 4.42 Å². The molecule has 1 heteroatoms. The van der Waals surface area contributed by atoms with E-state index in [9.17, 15) is 0 Å². The summed E-state index contributed by atoms with van der Waals surface area (Å²) in [4.78, 5) is 0. The second kappa shape index (κ2) is 9.44. The van der Waals surface area contributed by atoms with E-state index in [1.807, 2.05) is 6.07 Å². The summed E-state index contributed by atoms with van der Waals surface area (Å²) < 4.78 is 6.60. The Labute approximate surface area is 249 Å². The lowest BCUT2D eigenvalue weighted by atomic mass is 9.85. The van der Waals surface area contributed by atoms with Gasteiger partial charge < -0.3 is 4.42 Å². The summed E-state index contributed by atoms with van der Waals surface area (Å²) in [7, 11) is 0. The standard InChI is InChI=1S/C42H26O/c1-2-13-27(14-3-1)39-32-19-6-8-21-34(32)40(35-22-9-7-20-33(35)39)30-17-12-16-28(25-30)37-26-29-15-4-5-18-31(29)41-36-23-10-11-24-38(36)43-42(37)41/h1-26H. The highest BCUT2D eigenvalue weighted by Gasteiger charge is 2.19. The van der Waals surface area contributed by atoms with E-state index in [0.29, 0.717) is 0 Å². The van der Waals surface area contributed by atoms with Crippen molar-refractivity contribution in [2.75, 3.05) is 0 Å². The third kappa shape index (κ3) is 3.65. The number of benzene rings is 8. The van der Waals surface area contributed by atoms with Gasteiger partial charge in [-0.25, -0.2) is 0 Å². The van der Waals surface area contributed by atoms with E-state index >= 15 is 0 Å². The van der Waals surface area contributed by atoms with Crippen molar-refractivity contribution in [1.82, 2.24) is 0 Å². The monoisotopic (exact) mass is 546 g/mol. The molecule has 0 bridgehead atoms. The van der Waals surface area contributed by atoms with Gasteiger partial charge in [0.1, 0.15) is 11.2 Å². The Bertz CT molecular complexity index is 2440. The highest BCUT2D eigenvalue weighted by atomic mass is 16.3. The zero-order chi connectivity index (χ0) is 28.3. The molecule has 0 saturated heterocycles. The van der Waals surface area contributed by atoms with Crippen LogP contribution in [0.1, 0.15) is 0 Å². The van der Waals surface area contributed by atoms with Crippen LogP contribution in [0.4, 0.5) is 0 Å². The molecule has 0 radical (unpaired) electrons. The van der Waals surface area contributed by atoms with Gasteiger partial charge in [0.05, 0.1) is 0 Å². The van der Waals surface area contributed by atoms with Crippen molar-refractivity contribution in [1.29, 1.82) is 0 Å². The lowest BCUT2D eigenvalue weighted by Crippen LogP contribution is -1.91. The molecule has 200 valence electrons. The van der Waals surface area contributed by atoms with Gasteiger partial charge in [-0.15, -0.1) is 0 Å². The number of rotatable bonds is 3. The summed E-state index contributed by atoms with van der Waals surface area (Å²) in [6.07, 6.45) is 0. The minimum absolute atomic E-state index is 0.916. The van der Waals surface area contributed by atoms with E-state index in [4.69, 9.17) is 4.42 Å². The molecule has 43 heavy (non-hydrogen) atoms. The van der Waals surface area contributed by atoms with Crippen molar-refractivity contribution in [2.24, 2.45) is 0 Å². The Kier molecular flexibility index (Phi) is 5.27. The van der Waals surface area contributed by atoms with Gasteiger partial charge in [0.15, 0.2) is 0 Å². The van der Waals surface area contributed by atoms with Crippen LogP contribution in [0.5, 0.6) is 0 Å². The highest BCUT2D eigenvalue weighted by molar-refractivity contribution is 6.23. The first-order valence-electron chi connectivity index (χ1n) is 14.8. The van der Waals surface area contributed by atoms with Gasteiger partial charge in [-0.1, -0.05) is 140 Å². The van der Waals surface area contributed by atoms with Crippen molar-refractivity contribution in [3.63, 3.8) is 0 Å². The van der Waals surface area contributed by atoms with Crippen LogP contribution in [0.3, 0.4) is 0 Å². The molecule has 0 fully saturated rings. The van der Waals surface area contributed by atoms with Gasteiger partial charge in [0.2, 0.25) is 0 Å². The quantitative estimate of drug-likeness (QED) is 0.201. The summed E-state index contributed by atoms with van der Waals surface area (Å²) in [5.74, 6) is 0. The predicted molar refractivity (Wildman–Crippen MR) is 183 cm³/mol. The molecule has 0 atom stereocenters. The van der Waals surface area contributed by atoms with Crippen LogP contribution in [-0.2, 0) is 0 Å². The van der Waals surface area contributed by atoms with Crippen LogP contribution in [0, 0.1) is 0 Å². The first kappa shape index (κ1) is 24.0. The number of furan rings is 1. The molecule has 1 nitrogen and oxygen atoms in total. The van der Waals surface area contributed by atoms with Crippen LogP contribution < -0.4 is 0 Å². The topological polar surface area (TPSA) is 13.1 Å². The number of fused-ring (bicyclic) bond motifs is 7. The number of para-hydroxylation sites is 1. The van der Waals surface area contributed by atoms with Crippen molar-refractivity contribution in [3.05, 3.63) is 158 Å². The molecular weight excluding hydrogens is 520 g/mol. The van der Waals surface area contributed by atoms with Gasteiger partial charge >= 0.3 is 0 Å². The van der Waals surface area contributed by atoms with E-state index in [0.717, 1.165) is 27.7 Å². The molecular formula is C42H26O. The SMILES string of the molecule is c1ccc(-c2c3ccccc3c(-c3cccc(-c4cc5ccccc5c5c4oc4ccccc45)c3)c3ccccc23)cc1. The Hall–Kier alpha value is -5.66. The van der Waals surface area contributed by atoms with E-state index in [1.54, 1.807) is 0 Å². The minimum Gasteiger partial charge on any atom is -0.455 e. The molecule has 0 unspecified atom stereocenters. The average molecular weight is 547 g/mol. The van der Waals surface area contributed by atoms with Crippen molar-refractivity contribution >= 4 is 54.3 Å². The largest absolute Gasteiger partial charge is 0.455 e. The van der Waals surface area contributed by atoms with Gasteiger partial charge in [0.25, 0.3) is 0 Å². The van der Waals surface area contributed by atoms with Crippen molar-refractivity contribution in [2.45, 2.75) is 0 Å². The number of hydrogen-bond acceptors (Lipinski definition) is 1. The fraction of sp³-hybridized carbons (Fsp3) is 0. The first-order chi connectivity index (χ1) is 21.3. The molecule has 9 rings (SSSR count). The minimum atomic E-state index is 0.916. The molecule has 9 aromatic rings. The van der Waals surface area contributed by atoms with Gasteiger partial charge in [0, 0.05) is 16.3 Å². The molecule has 0 aliphatic heterocycles. The van der Waals surface area contributed by atoms with E-state index in [2.05, 4.69) is 152 Å². The summed E-state index contributed by atoms with van der Waals surface area (Å²) in [6, 6.07) is 56.7. The maximum Gasteiger partial charge on any atom is 0.143 e. The molecule has 1 heterocycles. The second-order valence-electron chi connectivity index (χ2n) is 11.2. The lowest BCUT2D eigenvalue weighted by molar-refractivity contribution is 0.670. The lowest BCUT2D eigenvalue weighted by Gasteiger charge is -2.18. The fourth-order valence-corrected chi connectivity index (χ4v) is 6.99. The highest BCUT2D eigenvalue weighted by Crippen LogP contribution is 2.45. The maximum absolute atomic E-state index is 6.60. The summed E-state index contributed by atoms with van der Waals surface area (Å²) in [5, 5.41) is 9.80. The molecule has 0 N–H and O–H groups in total. The number of hydrogen-bond donors (Lipinski definition) is 0. The van der Waals surface area contributed by atoms with Crippen LogP contribution in [0.2, 0.25) is 0 Å². The molecule has 0 aliphatic rings. The van der Waals surface area contributed by atoms with Crippen molar-refractivity contribution in [3.8, 4) is 33.4 Å². The maximum atomic E-state index is 6.60. The fourth-order valence-electron chi connectivity index (χ4n) is 6.99. The smallest absolute Gasteiger partial charge is 0.143 e. The van der Waals surface area contributed by atoms with Crippen LogP contribution in [0.15, 0.2) is 162 Å². The van der Waals surface area contributed by atoms with Gasteiger partial charge in [-0.3, -0.25) is 0 Å². The summed E-state index contributed by atoms with van der Waals surface area (Å²) in [5.41, 5.74) is 9.08. The Morgan fingerprint density at radius 2 is 0.860 bits per heavy atom. The van der Waals surface area contributed by atoms with Crippen LogP contribution in [0.25, 0.3) is 87.6 Å². The van der Waals surface area contributed by atoms with E-state index in [-0.39, 0.29) is 0 Å². The Morgan fingerprint density at radius 3 is 1.56 bits per heavy atom. The van der Waals surface area contributed by atoms with Crippen LogP contribution in [-0.4, -0.2) is 0 Å².